The first-order valence-corrected chi connectivity index (χ1v) is 12.0. The normalized spacial score (nSPS) is 29.5. The lowest BCUT2D eigenvalue weighted by Gasteiger charge is -2.39. The second kappa shape index (κ2) is 7.20. The maximum absolute atomic E-state index is 13.3. The van der Waals surface area contributed by atoms with Gasteiger partial charge in [-0.15, -0.1) is 0 Å². The molecule has 1 N–H and O–H groups in total. The Morgan fingerprint density at radius 2 is 1.61 bits per heavy atom. The SMILES string of the molecule is CC(C)C(=O)N1CCC2(CC1)NC(=O)N(C1CCN(C(=O)[C@H]3CC34CCC4)CC1)C2=O. The minimum atomic E-state index is -0.873. The van der Waals surface area contributed by atoms with E-state index >= 15 is 0 Å². The molecule has 0 bridgehead atoms. The van der Waals surface area contributed by atoms with Crippen molar-refractivity contribution in [3.63, 3.8) is 0 Å². The van der Waals surface area contributed by atoms with Gasteiger partial charge in [0, 0.05) is 44.1 Å². The average Bonchev–Trinajstić information content (AvgIpc) is 3.46. The molecular weight excluding hydrogens is 396 g/mol. The van der Waals surface area contributed by atoms with E-state index in [-0.39, 0.29) is 41.6 Å². The first kappa shape index (κ1) is 20.8. The number of likely N-dealkylation sites (tertiary alicyclic amines) is 2. The summed E-state index contributed by atoms with van der Waals surface area (Å²) < 4.78 is 0. The number of rotatable bonds is 3. The molecule has 3 heterocycles. The predicted molar refractivity (Wildman–Crippen MR) is 113 cm³/mol. The van der Waals surface area contributed by atoms with Gasteiger partial charge in [0.2, 0.25) is 11.8 Å². The molecule has 2 aliphatic carbocycles. The number of imide groups is 1. The van der Waals surface area contributed by atoms with Crippen LogP contribution in [0.2, 0.25) is 0 Å². The van der Waals surface area contributed by atoms with Crippen molar-refractivity contribution in [3.05, 3.63) is 0 Å². The highest BCUT2D eigenvalue weighted by Crippen LogP contribution is 2.66. The van der Waals surface area contributed by atoms with Gasteiger partial charge in [0.1, 0.15) is 5.54 Å². The Morgan fingerprint density at radius 3 is 2.13 bits per heavy atom. The maximum Gasteiger partial charge on any atom is 0.325 e. The molecule has 3 saturated heterocycles. The lowest BCUT2D eigenvalue weighted by molar-refractivity contribution is -0.142. The molecule has 8 heteroatoms. The minimum absolute atomic E-state index is 0.0675. The molecule has 0 aromatic heterocycles. The molecule has 0 unspecified atom stereocenters. The van der Waals surface area contributed by atoms with Crippen molar-refractivity contribution in [3.8, 4) is 0 Å². The molecule has 1 atom stereocenters. The van der Waals surface area contributed by atoms with Crippen molar-refractivity contribution in [1.82, 2.24) is 20.0 Å². The third kappa shape index (κ3) is 3.24. The molecule has 3 aliphatic heterocycles. The summed E-state index contributed by atoms with van der Waals surface area (Å²) in [4.78, 5) is 56.4. The number of nitrogens with one attached hydrogen (secondary N) is 1. The highest BCUT2D eigenvalue weighted by molar-refractivity contribution is 6.07. The molecule has 0 radical (unpaired) electrons. The zero-order valence-corrected chi connectivity index (χ0v) is 18.7. The van der Waals surface area contributed by atoms with Crippen LogP contribution in [0.3, 0.4) is 0 Å². The van der Waals surface area contributed by atoms with Gasteiger partial charge in [0.05, 0.1) is 0 Å². The van der Waals surface area contributed by atoms with E-state index in [9.17, 15) is 19.2 Å². The first-order chi connectivity index (χ1) is 14.8. The first-order valence-electron chi connectivity index (χ1n) is 12.0. The quantitative estimate of drug-likeness (QED) is 0.691. The Balaban J connectivity index is 1.17. The molecule has 0 aromatic rings. The third-order valence-electron chi connectivity index (χ3n) is 8.59. The number of carbonyl (C=O) groups excluding carboxylic acids is 4. The van der Waals surface area contributed by atoms with Gasteiger partial charge in [0.15, 0.2) is 0 Å². The Morgan fingerprint density at radius 1 is 0.968 bits per heavy atom. The molecule has 5 fully saturated rings. The number of carbonyl (C=O) groups is 4. The standard InChI is InChI=1S/C23H34N4O4/c1-15(2)18(28)26-12-8-23(9-13-26)20(30)27(21(31)24-23)16-4-10-25(11-5-16)19(29)17-14-22(17)6-3-7-22/h15-17H,3-14H2,1-2H3,(H,24,31)/t17-/m1/s1. The number of amides is 5. The number of urea groups is 1. The van der Waals surface area contributed by atoms with Crippen molar-refractivity contribution in [2.45, 2.75) is 76.8 Å². The van der Waals surface area contributed by atoms with E-state index in [0.29, 0.717) is 57.3 Å². The van der Waals surface area contributed by atoms with Crippen molar-refractivity contribution in [2.24, 2.45) is 17.3 Å². The van der Waals surface area contributed by atoms with Crippen LogP contribution in [0.5, 0.6) is 0 Å². The van der Waals surface area contributed by atoms with E-state index < -0.39 is 5.54 Å². The molecule has 0 aromatic carbocycles. The molecule has 8 nitrogen and oxygen atoms in total. The number of hydrogen-bond donors (Lipinski definition) is 1. The largest absolute Gasteiger partial charge is 0.342 e. The highest BCUT2D eigenvalue weighted by atomic mass is 16.2. The Labute approximate surface area is 183 Å². The summed E-state index contributed by atoms with van der Waals surface area (Å²) in [6.45, 7) is 5.99. The molecule has 2 spiro atoms. The van der Waals surface area contributed by atoms with Crippen LogP contribution in [0.25, 0.3) is 0 Å². The fraction of sp³-hybridized carbons (Fsp3) is 0.826. The lowest BCUT2D eigenvalue weighted by Crippen LogP contribution is -2.57. The Kier molecular flexibility index (Phi) is 4.83. The van der Waals surface area contributed by atoms with Crippen LogP contribution in [0.1, 0.15) is 65.2 Å². The van der Waals surface area contributed by atoms with Gasteiger partial charge in [0.25, 0.3) is 5.91 Å². The van der Waals surface area contributed by atoms with Crippen LogP contribution in [0.4, 0.5) is 4.79 Å². The van der Waals surface area contributed by atoms with Crippen LogP contribution in [-0.4, -0.2) is 76.2 Å². The maximum atomic E-state index is 13.3. The number of hydrogen-bond acceptors (Lipinski definition) is 4. The minimum Gasteiger partial charge on any atom is -0.342 e. The zero-order chi connectivity index (χ0) is 22.0. The molecular formula is C23H34N4O4. The molecule has 31 heavy (non-hydrogen) atoms. The lowest BCUT2D eigenvalue weighted by atomic mass is 9.79. The molecule has 170 valence electrons. The summed E-state index contributed by atoms with van der Waals surface area (Å²) in [7, 11) is 0. The summed E-state index contributed by atoms with van der Waals surface area (Å²) in [5.41, 5.74) is -0.542. The monoisotopic (exact) mass is 430 g/mol. The molecule has 5 amide bonds. The van der Waals surface area contributed by atoms with Gasteiger partial charge in [-0.3, -0.25) is 19.3 Å². The van der Waals surface area contributed by atoms with Crippen molar-refractivity contribution in [2.75, 3.05) is 26.2 Å². The predicted octanol–water partition coefficient (Wildman–Crippen LogP) is 1.74. The molecule has 5 aliphatic rings. The number of piperidine rings is 2. The second-order valence-electron chi connectivity index (χ2n) is 10.7. The fourth-order valence-corrected chi connectivity index (χ4v) is 6.23. The zero-order valence-electron chi connectivity index (χ0n) is 18.7. The van der Waals surface area contributed by atoms with Crippen molar-refractivity contribution in [1.29, 1.82) is 0 Å². The smallest absolute Gasteiger partial charge is 0.325 e. The van der Waals surface area contributed by atoms with E-state index in [1.807, 2.05) is 18.7 Å². The van der Waals surface area contributed by atoms with Gasteiger partial charge in [-0.1, -0.05) is 20.3 Å². The summed E-state index contributed by atoms with van der Waals surface area (Å²) in [5.74, 6) is 0.391. The van der Waals surface area contributed by atoms with Crippen LogP contribution in [0, 0.1) is 17.3 Å². The van der Waals surface area contributed by atoms with Crippen molar-refractivity contribution >= 4 is 23.8 Å². The fourth-order valence-electron chi connectivity index (χ4n) is 6.23. The summed E-state index contributed by atoms with van der Waals surface area (Å²) in [6, 6.07) is -0.461. The van der Waals surface area contributed by atoms with E-state index in [4.69, 9.17) is 0 Å². The van der Waals surface area contributed by atoms with Crippen LogP contribution >= 0.6 is 0 Å². The van der Waals surface area contributed by atoms with Crippen LogP contribution < -0.4 is 5.32 Å². The van der Waals surface area contributed by atoms with E-state index in [1.54, 1.807) is 4.90 Å². The third-order valence-corrected chi connectivity index (χ3v) is 8.59. The molecule has 2 saturated carbocycles. The van der Waals surface area contributed by atoms with E-state index in [1.165, 1.54) is 24.2 Å². The molecule has 5 rings (SSSR count). The van der Waals surface area contributed by atoms with E-state index in [2.05, 4.69) is 5.32 Å². The summed E-state index contributed by atoms with van der Waals surface area (Å²) >= 11 is 0. The van der Waals surface area contributed by atoms with Crippen molar-refractivity contribution < 1.29 is 19.2 Å². The number of nitrogens with zero attached hydrogens (tertiary/aromatic N) is 3. The Bertz CT molecular complexity index is 804. The average molecular weight is 431 g/mol. The highest BCUT2D eigenvalue weighted by Gasteiger charge is 2.62. The topological polar surface area (TPSA) is 90.0 Å². The van der Waals surface area contributed by atoms with E-state index in [0.717, 1.165) is 6.42 Å². The van der Waals surface area contributed by atoms with Gasteiger partial charge >= 0.3 is 6.03 Å². The second-order valence-corrected chi connectivity index (χ2v) is 10.7. The van der Waals surface area contributed by atoms with Gasteiger partial charge in [-0.2, -0.15) is 0 Å². The van der Waals surface area contributed by atoms with Gasteiger partial charge < -0.3 is 15.1 Å². The van der Waals surface area contributed by atoms with Gasteiger partial charge in [-0.25, -0.2) is 4.79 Å². The Hall–Kier alpha value is -2.12. The van der Waals surface area contributed by atoms with Crippen LogP contribution in [0.15, 0.2) is 0 Å². The summed E-state index contributed by atoms with van der Waals surface area (Å²) in [6.07, 6.45) is 6.94. The van der Waals surface area contributed by atoms with Gasteiger partial charge in [-0.05, 0) is 50.4 Å². The summed E-state index contributed by atoms with van der Waals surface area (Å²) in [5, 5.41) is 2.96. The van der Waals surface area contributed by atoms with Crippen LogP contribution in [-0.2, 0) is 14.4 Å².